The van der Waals surface area contributed by atoms with Crippen molar-refractivity contribution in [3.05, 3.63) is 83.2 Å². The fourth-order valence-corrected chi connectivity index (χ4v) is 5.44. The molecule has 42 heavy (non-hydrogen) atoms. The minimum absolute atomic E-state index is 0.0502. The summed E-state index contributed by atoms with van der Waals surface area (Å²) < 4.78 is 59.6. The summed E-state index contributed by atoms with van der Waals surface area (Å²) in [6.45, 7) is 2.87. The third-order valence-corrected chi connectivity index (χ3v) is 8.68. The summed E-state index contributed by atoms with van der Waals surface area (Å²) in [6, 6.07) is 16.7. The van der Waals surface area contributed by atoms with Gasteiger partial charge in [-0.1, -0.05) is 24.3 Å². The molecule has 0 unspecified atom stereocenters. The van der Waals surface area contributed by atoms with Gasteiger partial charge in [0.15, 0.2) is 21.6 Å². The topological polar surface area (TPSA) is 181 Å². The van der Waals surface area contributed by atoms with Crippen LogP contribution in [-0.2, 0) is 32.2 Å². The highest BCUT2D eigenvalue weighted by Gasteiger charge is 2.28. The Morgan fingerprint density at radius 1 is 0.738 bits per heavy atom. The molecule has 0 aliphatic rings. The molecule has 224 valence electrons. The van der Waals surface area contributed by atoms with E-state index in [-0.39, 0.29) is 46.1 Å². The monoisotopic (exact) mass is 637 g/mol. The first-order valence-electron chi connectivity index (χ1n) is 12.1. The maximum Gasteiger partial charge on any atom is 0.278 e. The van der Waals surface area contributed by atoms with Crippen LogP contribution in [0.15, 0.2) is 70.7 Å². The summed E-state index contributed by atoms with van der Waals surface area (Å²) in [5.74, 6) is 0.730. The Morgan fingerprint density at radius 2 is 1.12 bits per heavy atom. The number of nitrogens with one attached hydrogen (secondary N) is 2. The standard InChI is InChI=1S/C21H23N3O5S.C5H5ClN2O3S/c1-15(25)20-12-21(23-22-20)30(26,27)24(13-16-4-8-18(28-2)9-5-16)14-17-6-10-19(29-3)11-7-17;1-3(9)4-2-5(8-7-4)12(6,10)11/h4-12H,13-14H2,1-3H3,(H,22,23);2H,1H3,(H,7,8). The molecule has 0 saturated carbocycles. The molecule has 0 spiro atoms. The number of methoxy groups -OCH3 is 2. The molecule has 4 aromatic rings. The predicted molar refractivity (Wildman–Crippen MR) is 153 cm³/mol. The smallest absolute Gasteiger partial charge is 0.278 e. The summed E-state index contributed by atoms with van der Waals surface area (Å²) in [6.07, 6.45) is 0. The Bertz CT molecular complexity index is 1700. The molecule has 0 radical (unpaired) electrons. The summed E-state index contributed by atoms with van der Waals surface area (Å²) in [4.78, 5) is 22.2. The van der Waals surface area contributed by atoms with E-state index in [0.29, 0.717) is 11.5 Å². The van der Waals surface area contributed by atoms with Crippen molar-refractivity contribution in [3.63, 3.8) is 0 Å². The number of benzene rings is 2. The number of ether oxygens (including phenoxy) is 2. The zero-order valence-electron chi connectivity index (χ0n) is 23.0. The van der Waals surface area contributed by atoms with E-state index in [0.717, 1.165) is 17.2 Å². The second-order valence-electron chi connectivity index (χ2n) is 8.75. The van der Waals surface area contributed by atoms with Crippen molar-refractivity contribution in [2.75, 3.05) is 14.2 Å². The van der Waals surface area contributed by atoms with E-state index in [1.807, 2.05) is 24.3 Å². The average molecular weight is 638 g/mol. The van der Waals surface area contributed by atoms with Crippen LogP contribution in [0.3, 0.4) is 0 Å². The van der Waals surface area contributed by atoms with E-state index in [4.69, 9.17) is 20.2 Å². The normalized spacial score (nSPS) is 11.5. The lowest BCUT2D eigenvalue weighted by molar-refractivity contribution is 0.100. The van der Waals surface area contributed by atoms with E-state index in [1.54, 1.807) is 38.5 Å². The largest absolute Gasteiger partial charge is 0.497 e. The number of ketones is 2. The lowest BCUT2D eigenvalue weighted by Crippen LogP contribution is -2.30. The van der Waals surface area contributed by atoms with Crippen molar-refractivity contribution in [2.24, 2.45) is 0 Å². The zero-order valence-corrected chi connectivity index (χ0v) is 25.4. The van der Waals surface area contributed by atoms with E-state index < -0.39 is 19.1 Å². The van der Waals surface area contributed by atoms with Gasteiger partial charge < -0.3 is 9.47 Å². The average Bonchev–Trinajstić information content (AvgIpc) is 3.65. The minimum atomic E-state index is -3.94. The van der Waals surface area contributed by atoms with Crippen LogP contribution in [0.4, 0.5) is 0 Å². The third kappa shape index (κ3) is 8.48. The molecule has 0 saturated heterocycles. The number of Topliss-reactive ketones (excluding diaryl/α,β-unsaturated/α-hetero) is 2. The van der Waals surface area contributed by atoms with E-state index in [2.05, 4.69) is 20.4 Å². The number of rotatable bonds is 11. The van der Waals surface area contributed by atoms with Gasteiger partial charge in [0.1, 0.15) is 22.9 Å². The molecule has 2 heterocycles. The lowest BCUT2D eigenvalue weighted by atomic mass is 10.2. The van der Waals surface area contributed by atoms with Crippen molar-refractivity contribution in [1.29, 1.82) is 0 Å². The summed E-state index contributed by atoms with van der Waals surface area (Å²) in [7, 11) is 0.351. The van der Waals surface area contributed by atoms with Crippen LogP contribution in [0.25, 0.3) is 0 Å². The molecular weight excluding hydrogens is 610 g/mol. The highest BCUT2D eigenvalue weighted by molar-refractivity contribution is 8.13. The van der Waals surface area contributed by atoms with Crippen molar-refractivity contribution < 1.29 is 35.9 Å². The number of H-pyrrole nitrogens is 2. The third-order valence-electron chi connectivity index (χ3n) is 5.75. The lowest BCUT2D eigenvalue weighted by Gasteiger charge is -2.22. The highest BCUT2D eigenvalue weighted by Crippen LogP contribution is 2.23. The van der Waals surface area contributed by atoms with E-state index in [1.165, 1.54) is 24.2 Å². The maximum atomic E-state index is 13.3. The maximum absolute atomic E-state index is 13.3. The summed E-state index contributed by atoms with van der Waals surface area (Å²) >= 11 is 0. The van der Waals surface area contributed by atoms with Gasteiger partial charge in [-0.2, -0.15) is 14.5 Å². The molecule has 0 amide bonds. The molecule has 2 N–H and O–H groups in total. The van der Waals surface area contributed by atoms with Crippen molar-refractivity contribution in [3.8, 4) is 11.5 Å². The second-order valence-corrected chi connectivity index (χ2v) is 13.2. The van der Waals surface area contributed by atoms with E-state index >= 15 is 0 Å². The van der Waals surface area contributed by atoms with Gasteiger partial charge in [0.25, 0.3) is 19.1 Å². The Hall–Kier alpha value is -4.05. The van der Waals surface area contributed by atoms with Crippen LogP contribution in [0.2, 0.25) is 0 Å². The van der Waals surface area contributed by atoms with E-state index in [9.17, 15) is 26.4 Å². The summed E-state index contributed by atoms with van der Waals surface area (Å²) in [5, 5.41) is 11.5. The number of sulfonamides is 1. The van der Waals surface area contributed by atoms with Gasteiger partial charge in [-0.3, -0.25) is 19.8 Å². The van der Waals surface area contributed by atoms with Crippen molar-refractivity contribution >= 4 is 41.3 Å². The van der Waals surface area contributed by atoms with Gasteiger partial charge >= 0.3 is 0 Å². The molecule has 2 aromatic carbocycles. The van der Waals surface area contributed by atoms with Gasteiger partial charge in [0.05, 0.1) is 14.2 Å². The fraction of sp³-hybridized carbons (Fsp3) is 0.231. The van der Waals surface area contributed by atoms with Crippen LogP contribution in [0.1, 0.15) is 46.0 Å². The molecular formula is C26H28ClN5O8S2. The highest BCUT2D eigenvalue weighted by atomic mass is 35.7. The molecule has 0 aliphatic carbocycles. The molecule has 13 nitrogen and oxygen atoms in total. The predicted octanol–water partition coefficient (Wildman–Crippen LogP) is 3.56. The van der Waals surface area contributed by atoms with Crippen molar-refractivity contribution in [1.82, 2.24) is 24.7 Å². The fourth-order valence-electron chi connectivity index (χ4n) is 3.46. The number of aromatic nitrogens is 4. The van der Waals surface area contributed by atoms with Crippen LogP contribution in [0.5, 0.6) is 11.5 Å². The number of carbonyl (C=O) groups excluding carboxylic acids is 2. The van der Waals surface area contributed by atoms with Gasteiger partial charge in [0, 0.05) is 49.8 Å². The van der Waals surface area contributed by atoms with Gasteiger partial charge in [0.2, 0.25) is 0 Å². The number of halogens is 1. The quantitative estimate of drug-likeness (QED) is 0.182. The van der Waals surface area contributed by atoms with Crippen LogP contribution in [0, 0.1) is 0 Å². The first kappa shape index (κ1) is 32.5. The first-order valence-corrected chi connectivity index (χ1v) is 15.8. The van der Waals surface area contributed by atoms with Gasteiger partial charge in [-0.05, 0) is 35.4 Å². The molecule has 0 aliphatic heterocycles. The number of carbonyl (C=O) groups is 2. The van der Waals surface area contributed by atoms with Crippen LogP contribution >= 0.6 is 10.7 Å². The SMILES string of the molecule is CC(=O)c1cc(S(=O)(=O)Cl)[nH]n1.COc1ccc(CN(Cc2ccc(OC)cc2)S(=O)(=O)c2cc(C(C)=O)n[nH]2)cc1. The second kappa shape index (κ2) is 13.7. The molecule has 2 aromatic heterocycles. The first-order chi connectivity index (χ1) is 19.7. The zero-order chi connectivity index (χ0) is 31.1. The number of hydrogen-bond donors (Lipinski definition) is 2. The Kier molecular flexibility index (Phi) is 10.6. The number of nitrogens with zero attached hydrogens (tertiary/aromatic N) is 3. The molecule has 4 rings (SSSR count). The Labute approximate surface area is 247 Å². The Balaban J connectivity index is 0.000000337. The van der Waals surface area contributed by atoms with Gasteiger partial charge in [-0.25, -0.2) is 16.8 Å². The molecule has 0 bridgehead atoms. The minimum Gasteiger partial charge on any atom is -0.497 e. The Morgan fingerprint density at radius 3 is 1.43 bits per heavy atom. The molecule has 0 atom stereocenters. The molecule has 16 heteroatoms. The number of hydrogen-bond acceptors (Lipinski definition) is 10. The molecule has 0 fully saturated rings. The van der Waals surface area contributed by atoms with Crippen LogP contribution in [-0.4, -0.2) is 67.3 Å². The number of aromatic amines is 2. The van der Waals surface area contributed by atoms with Gasteiger partial charge in [-0.15, -0.1) is 0 Å². The summed E-state index contributed by atoms with van der Waals surface area (Å²) in [5.41, 5.74) is 1.70. The van der Waals surface area contributed by atoms with Crippen molar-refractivity contribution in [2.45, 2.75) is 37.0 Å². The van der Waals surface area contributed by atoms with Crippen LogP contribution < -0.4 is 9.47 Å².